The summed E-state index contributed by atoms with van der Waals surface area (Å²) in [5.74, 6) is -4.45. The van der Waals surface area contributed by atoms with E-state index in [9.17, 15) is 19.2 Å². The van der Waals surface area contributed by atoms with E-state index in [2.05, 4.69) is 5.32 Å². The van der Waals surface area contributed by atoms with E-state index in [-0.39, 0.29) is 6.42 Å². The van der Waals surface area contributed by atoms with E-state index in [1.165, 1.54) is 7.05 Å². The standard InChI is InChI=1S/C11H17NO6/c1-3-4-7(13)5-11(10(17)18,6-8(14)15)9(16)12-2/h3-6H2,1-2H3,(H,12,16)(H,14,15)(H,17,18). The predicted molar refractivity (Wildman–Crippen MR) is 60.9 cm³/mol. The minimum absolute atomic E-state index is 0.117. The molecule has 0 aromatic carbocycles. The fourth-order valence-electron chi connectivity index (χ4n) is 1.67. The highest BCUT2D eigenvalue weighted by atomic mass is 16.4. The van der Waals surface area contributed by atoms with E-state index in [1.54, 1.807) is 6.92 Å². The van der Waals surface area contributed by atoms with Crippen LogP contribution >= 0.6 is 0 Å². The zero-order valence-corrected chi connectivity index (χ0v) is 10.4. The molecule has 7 heteroatoms. The highest BCUT2D eigenvalue weighted by Gasteiger charge is 2.49. The molecular formula is C11H17NO6. The number of rotatable bonds is 8. The van der Waals surface area contributed by atoms with Crippen molar-refractivity contribution in [2.45, 2.75) is 32.6 Å². The molecule has 0 aromatic heterocycles. The fraction of sp³-hybridized carbons (Fsp3) is 0.636. The predicted octanol–water partition coefficient (Wildman–Crippen LogP) is 0.0374. The van der Waals surface area contributed by atoms with Crippen molar-refractivity contribution >= 4 is 23.6 Å². The van der Waals surface area contributed by atoms with Gasteiger partial charge in [-0.15, -0.1) is 0 Å². The first-order valence-electron chi connectivity index (χ1n) is 5.49. The third kappa shape index (κ3) is 3.83. The highest BCUT2D eigenvalue weighted by molar-refractivity contribution is 6.07. The van der Waals surface area contributed by atoms with Crippen molar-refractivity contribution in [3.63, 3.8) is 0 Å². The summed E-state index contributed by atoms with van der Waals surface area (Å²) in [7, 11) is 1.20. The molecule has 0 spiro atoms. The maximum atomic E-state index is 11.6. The Hall–Kier alpha value is -1.92. The van der Waals surface area contributed by atoms with Crippen LogP contribution in [0.5, 0.6) is 0 Å². The fourth-order valence-corrected chi connectivity index (χ4v) is 1.67. The van der Waals surface area contributed by atoms with Crippen molar-refractivity contribution in [2.24, 2.45) is 5.41 Å². The van der Waals surface area contributed by atoms with Gasteiger partial charge in [0.15, 0.2) is 5.41 Å². The van der Waals surface area contributed by atoms with Gasteiger partial charge in [0.2, 0.25) is 5.91 Å². The number of nitrogens with one attached hydrogen (secondary N) is 1. The van der Waals surface area contributed by atoms with Gasteiger partial charge >= 0.3 is 11.9 Å². The first kappa shape index (κ1) is 16.1. The molecule has 1 atom stereocenters. The van der Waals surface area contributed by atoms with Crippen LogP contribution in [0.3, 0.4) is 0 Å². The van der Waals surface area contributed by atoms with Crippen molar-refractivity contribution in [2.75, 3.05) is 7.05 Å². The molecule has 7 nitrogen and oxygen atoms in total. The number of hydrogen-bond donors (Lipinski definition) is 3. The molecule has 0 saturated heterocycles. The second kappa shape index (κ2) is 6.73. The first-order chi connectivity index (χ1) is 8.30. The molecule has 102 valence electrons. The zero-order valence-electron chi connectivity index (χ0n) is 10.4. The van der Waals surface area contributed by atoms with E-state index in [0.717, 1.165) is 0 Å². The second-order valence-corrected chi connectivity index (χ2v) is 4.00. The van der Waals surface area contributed by atoms with Gasteiger partial charge in [0, 0.05) is 19.9 Å². The summed E-state index contributed by atoms with van der Waals surface area (Å²) < 4.78 is 0. The molecule has 0 bridgehead atoms. The Kier molecular flexibility index (Phi) is 6.01. The van der Waals surface area contributed by atoms with Crippen LogP contribution < -0.4 is 5.32 Å². The van der Waals surface area contributed by atoms with Crippen LogP contribution in [-0.2, 0) is 19.2 Å². The van der Waals surface area contributed by atoms with Crippen LogP contribution in [-0.4, -0.2) is 40.9 Å². The Morgan fingerprint density at radius 2 is 1.67 bits per heavy atom. The Bertz CT molecular complexity index is 365. The zero-order chi connectivity index (χ0) is 14.3. The Morgan fingerprint density at radius 3 is 2.00 bits per heavy atom. The van der Waals surface area contributed by atoms with Crippen LogP contribution in [0.2, 0.25) is 0 Å². The van der Waals surface area contributed by atoms with Gasteiger partial charge in [0.05, 0.1) is 6.42 Å². The molecule has 1 amide bonds. The number of carbonyl (C=O) groups excluding carboxylic acids is 2. The molecule has 1 unspecified atom stereocenters. The number of amides is 1. The topological polar surface area (TPSA) is 121 Å². The van der Waals surface area contributed by atoms with Crippen LogP contribution in [0.1, 0.15) is 32.6 Å². The van der Waals surface area contributed by atoms with Crippen molar-refractivity contribution in [3.8, 4) is 0 Å². The number of carbonyl (C=O) groups is 4. The van der Waals surface area contributed by atoms with Crippen molar-refractivity contribution in [3.05, 3.63) is 0 Å². The van der Waals surface area contributed by atoms with Crippen molar-refractivity contribution < 1.29 is 29.4 Å². The van der Waals surface area contributed by atoms with Gasteiger partial charge in [-0.25, -0.2) is 0 Å². The summed E-state index contributed by atoms with van der Waals surface area (Å²) >= 11 is 0. The second-order valence-electron chi connectivity index (χ2n) is 4.00. The van der Waals surface area contributed by atoms with Gasteiger partial charge in [-0.3, -0.25) is 19.2 Å². The molecule has 0 radical (unpaired) electrons. The number of hydrogen-bond acceptors (Lipinski definition) is 4. The number of carboxylic acids is 2. The molecule has 0 aliphatic carbocycles. The van der Waals surface area contributed by atoms with Gasteiger partial charge < -0.3 is 15.5 Å². The quantitative estimate of drug-likeness (QED) is 0.529. The van der Waals surface area contributed by atoms with Crippen molar-refractivity contribution in [1.29, 1.82) is 0 Å². The lowest BCUT2D eigenvalue weighted by Crippen LogP contribution is -2.48. The normalized spacial score (nSPS) is 13.4. The Labute approximate surface area is 104 Å². The summed E-state index contributed by atoms with van der Waals surface area (Å²) in [4.78, 5) is 45.1. The van der Waals surface area contributed by atoms with Crippen molar-refractivity contribution in [1.82, 2.24) is 5.32 Å². The largest absolute Gasteiger partial charge is 0.481 e. The number of Topliss-reactive ketones (excluding diaryl/α,β-unsaturated/α-hetero) is 1. The lowest BCUT2D eigenvalue weighted by molar-refractivity contribution is -0.163. The smallest absolute Gasteiger partial charge is 0.320 e. The van der Waals surface area contributed by atoms with E-state index in [4.69, 9.17) is 10.2 Å². The van der Waals surface area contributed by atoms with E-state index in [1.807, 2.05) is 0 Å². The van der Waals surface area contributed by atoms with Crippen LogP contribution in [0, 0.1) is 5.41 Å². The third-order valence-corrected chi connectivity index (χ3v) is 2.55. The molecular weight excluding hydrogens is 242 g/mol. The molecule has 3 N–H and O–H groups in total. The van der Waals surface area contributed by atoms with E-state index < -0.39 is 41.9 Å². The third-order valence-electron chi connectivity index (χ3n) is 2.55. The average molecular weight is 259 g/mol. The molecule has 0 saturated carbocycles. The molecule has 0 fully saturated rings. The summed E-state index contributed by atoms with van der Waals surface area (Å²) in [5.41, 5.74) is -2.23. The molecule has 0 heterocycles. The van der Waals surface area contributed by atoms with Gasteiger partial charge in [0.1, 0.15) is 5.78 Å². The number of aliphatic carboxylic acids is 2. The lowest BCUT2D eigenvalue weighted by Gasteiger charge is -2.25. The first-order valence-corrected chi connectivity index (χ1v) is 5.49. The van der Waals surface area contributed by atoms with Gasteiger partial charge in [-0.1, -0.05) is 6.92 Å². The van der Waals surface area contributed by atoms with E-state index in [0.29, 0.717) is 6.42 Å². The SMILES string of the molecule is CCCC(=O)CC(CC(=O)O)(C(=O)O)C(=O)NC. The Balaban J connectivity index is 5.33. The molecule has 0 aliphatic rings. The summed E-state index contributed by atoms with van der Waals surface area (Å²) in [5, 5.41) is 20.0. The summed E-state index contributed by atoms with van der Waals surface area (Å²) in [6.07, 6.45) is -0.902. The number of carboxylic acid groups (broad SMARTS) is 2. The maximum absolute atomic E-state index is 11.6. The molecule has 0 rings (SSSR count). The van der Waals surface area contributed by atoms with Gasteiger partial charge in [-0.2, -0.15) is 0 Å². The molecule has 0 aromatic rings. The van der Waals surface area contributed by atoms with Gasteiger partial charge in [0.25, 0.3) is 0 Å². The van der Waals surface area contributed by atoms with Crippen LogP contribution in [0.4, 0.5) is 0 Å². The van der Waals surface area contributed by atoms with E-state index >= 15 is 0 Å². The lowest BCUT2D eigenvalue weighted by atomic mass is 9.78. The summed E-state index contributed by atoms with van der Waals surface area (Å²) in [6.45, 7) is 1.73. The summed E-state index contributed by atoms with van der Waals surface area (Å²) in [6, 6.07) is 0. The monoisotopic (exact) mass is 259 g/mol. The average Bonchev–Trinajstić information content (AvgIpc) is 2.26. The minimum atomic E-state index is -2.23. The minimum Gasteiger partial charge on any atom is -0.481 e. The van der Waals surface area contributed by atoms with Crippen LogP contribution in [0.25, 0.3) is 0 Å². The molecule has 0 aliphatic heterocycles. The number of ketones is 1. The maximum Gasteiger partial charge on any atom is 0.320 e. The van der Waals surface area contributed by atoms with Gasteiger partial charge in [-0.05, 0) is 6.42 Å². The highest BCUT2D eigenvalue weighted by Crippen LogP contribution is 2.29. The van der Waals surface area contributed by atoms with Crippen LogP contribution in [0.15, 0.2) is 0 Å². The molecule has 18 heavy (non-hydrogen) atoms. The Morgan fingerprint density at radius 1 is 1.11 bits per heavy atom.